The van der Waals surface area contributed by atoms with Crippen LogP contribution in [0.2, 0.25) is 0 Å². The van der Waals surface area contributed by atoms with Gasteiger partial charge in [-0.2, -0.15) is 0 Å². The topological polar surface area (TPSA) is 12.0 Å². The molecule has 1 aromatic rings. The van der Waals surface area contributed by atoms with Crippen molar-refractivity contribution >= 4 is 0 Å². The molecule has 0 fully saturated rings. The van der Waals surface area contributed by atoms with Gasteiger partial charge in [-0.15, -0.1) is 0 Å². The Hall–Kier alpha value is -0.820. The quantitative estimate of drug-likeness (QED) is 0.768. The van der Waals surface area contributed by atoms with Crippen LogP contribution in [0, 0.1) is 5.92 Å². The van der Waals surface area contributed by atoms with Crippen molar-refractivity contribution < 1.29 is 0 Å². The minimum absolute atomic E-state index is 0.607. The molecule has 0 saturated carbocycles. The summed E-state index contributed by atoms with van der Waals surface area (Å²) in [6.45, 7) is 9.95. The van der Waals surface area contributed by atoms with Gasteiger partial charge in [0.2, 0.25) is 0 Å². The lowest BCUT2D eigenvalue weighted by atomic mass is 10.0. The van der Waals surface area contributed by atoms with Gasteiger partial charge in [0, 0.05) is 12.6 Å². The van der Waals surface area contributed by atoms with Gasteiger partial charge in [0.15, 0.2) is 0 Å². The van der Waals surface area contributed by atoms with Crippen LogP contribution < -0.4 is 5.32 Å². The van der Waals surface area contributed by atoms with Crippen LogP contribution in [0.5, 0.6) is 0 Å². The molecule has 90 valence electrons. The molecule has 1 atom stereocenters. The van der Waals surface area contributed by atoms with Crippen molar-refractivity contribution in [2.45, 2.75) is 53.1 Å². The second kappa shape index (κ2) is 6.70. The van der Waals surface area contributed by atoms with Crippen LogP contribution in [0.3, 0.4) is 0 Å². The molecule has 1 nitrogen and oxygen atoms in total. The summed E-state index contributed by atoms with van der Waals surface area (Å²) in [7, 11) is 0. The fourth-order valence-corrected chi connectivity index (χ4v) is 1.70. The third kappa shape index (κ3) is 4.80. The Balaban J connectivity index is 2.45. The summed E-state index contributed by atoms with van der Waals surface area (Å²) >= 11 is 0. The highest BCUT2D eigenvalue weighted by molar-refractivity contribution is 5.22. The normalized spacial score (nSPS) is 13.1. The summed E-state index contributed by atoms with van der Waals surface area (Å²) in [5.74, 6) is 0.740. The Labute approximate surface area is 100 Å². The summed E-state index contributed by atoms with van der Waals surface area (Å²) in [6.07, 6.45) is 2.37. The van der Waals surface area contributed by atoms with Crippen LogP contribution in [-0.2, 0) is 13.0 Å². The number of hydrogen-bond acceptors (Lipinski definition) is 1. The summed E-state index contributed by atoms with van der Waals surface area (Å²) in [5.41, 5.74) is 2.83. The molecule has 16 heavy (non-hydrogen) atoms. The summed E-state index contributed by atoms with van der Waals surface area (Å²) in [6, 6.07) is 9.61. The lowest BCUT2D eigenvalue weighted by Gasteiger charge is -2.11. The number of hydrogen-bond donors (Lipinski definition) is 1. The first-order valence-corrected chi connectivity index (χ1v) is 6.43. The fraction of sp³-hybridized carbons (Fsp3) is 0.600. The SMILES string of the molecule is CCC(C)NCc1ccc(CC(C)C)cc1. The van der Waals surface area contributed by atoms with Gasteiger partial charge >= 0.3 is 0 Å². The van der Waals surface area contributed by atoms with E-state index in [1.807, 2.05) is 0 Å². The molecular weight excluding hydrogens is 194 g/mol. The van der Waals surface area contributed by atoms with Crippen molar-refractivity contribution in [3.05, 3.63) is 35.4 Å². The molecule has 0 bridgehead atoms. The van der Waals surface area contributed by atoms with Gasteiger partial charge in [0.05, 0.1) is 0 Å². The first-order chi connectivity index (χ1) is 7.61. The van der Waals surface area contributed by atoms with Crippen molar-refractivity contribution in [3.8, 4) is 0 Å². The number of nitrogens with one attached hydrogen (secondary N) is 1. The van der Waals surface area contributed by atoms with E-state index in [0.29, 0.717) is 6.04 Å². The highest BCUT2D eigenvalue weighted by atomic mass is 14.9. The van der Waals surface area contributed by atoms with Crippen molar-refractivity contribution in [3.63, 3.8) is 0 Å². The molecule has 1 aromatic carbocycles. The van der Waals surface area contributed by atoms with Crippen molar-refractivity contribution in [1.29, 1.82) is 0 Å². The Morgan fingerprint density at radius 2 is 1.56 bits per heavy atom. The Morgan fingerprint density at radius 1 is 1.00 bits per heavy atom. The van der Waals surface area contributed by atoms with Gasteiger partial charge in [-0.3, -0.25) is 0 Å². The molecule has 0 aliphatic rings. The number of benzene rings is 1. The highest BCUT2D eigenvalue weighted by Gasteiger charge is 2.00. The van der Waals surface area contributed by atoms with E-state index in [0.717, 1.165) is 12.5 Å². The predicted octanol–water partition coefficient (Wildman–Crippen LogP) is 3.77. The molecule has 1 heteroatoms. The molecule has 0 heterocycles. The molecule has 1 N–H and O–H groups in total. The molecule has 0 amide bonds. The fourth-order valence-electron chi connectivity index (χ4n) is 1.70. The van der Waals surface area contributed by atoms with Crippen molar-refractivity contribution in [2.24, 2.45) is 5.92 Å². The molecule has 1 rings (SSSR count). The lowest BCUT2D eigenvalue weighted by molar-refractivity contribution is 0.534. The maximum Gasteiger partial charge on any atom is 0.0207 e. The van der Waals surface area contributed by atoms with E-state index in [4.69, 9.17) is 0 Å². The standard InChI is InChI=1S/C15H25N/c1-5-13(4)16-11-15-8-6-14(7-9-15)10-12(2)3/h6-9,12-13,16H,5,10-11H2,1-4H3. The van der Waals surface area contributed by atoms with Gasteiger partial charge in [-0.1, -0.05) is 45.0 Å². The Bertz CT molecular complexity index is 287. The smallest absolute Gasteiger partial charge is 0.0207 e. The van der Waals surface area contributed by atoms with Gasteiger partial charge in [-0.25, -0.2) is 0 Å². The molecule has 0 aliphatic carbocycles. The van der Waals surface area contributed by atoms with E-state index in [1.165, 1.54) is 24.0 Å². The molecular formula is C15H25N. The van der Waals surface area contributed by atoms with Gasteiger partial charge in [0.25, 0.3) is 0 Å². The van der Waals surface area contributed by atoms with Gasteiger partial charge < -0.3 is 5.32 Å². The zero-order valence-electron chi connectivity index (χ0n) is 11.1. The second-order valence-electron chi connectivity index (χ2n) is 5.10. The molecule has 0 aromatic heterocycles. The monoisotopic (exact) mass is 219 g/mol. The van der Waals surface area contributed by atoms with Crippen LogP contribution in [0.15, 0.2) is 24.3 Å². The maximum atomic E-state index is 3.51. The predicted molar refractivity (Wildman–Crippen MR) is 71.6 cm³/mol. The zero-order valence-corrected chi connectivity index (χ0v) is 11.1. The molecule has 0 spiro atoms. The summed E-state index contributed by atoms with van der Waals surface area (Å²) in [4.78, 5) is 0. The first kappa shape index (κ1) is 13.2. The van der Waals surface area contributed by atoms with E-state index in [1.54, 1.807) is 0 Å². The van der Waals surface area contributed by atoms with Crippen LogP contribution in [-0.4, -0.2) is 6.04 Å². The third-order valence-electron chi connectivity index (χ3n) is 2.93. The first-order valence-electron chi connectivity index (χ1n) is 6.43. The zero-order chi connectivity index (χ0) is 12.0. The van der Waals surface area contributed by atoms with Crippen LogP contribution in [0.25, 0.3) is 0 Å². The second-order valence-corrected chi connectivity index (χ2v) is 5.10. The largest absolute Gasteiger partial charge is 0.310 e. The summed E-state index contributed by atoms with van der Waals surface area (Å²) < 4.78 is 0. The summed E-state index contributed by atoms with van der Waals surface area (Å²) in [5, 5.41) is 3.51. The van der Waals surface area contributed by atoms with Crippen LogP contribution in [0.4, 0.5) is 0 Å². The van der Waals surface area contributed by atoms with E-state index in [-0.39, 0.29) is 0 Å². The van der Waals surface area contributed by atoms with Crippen LogP contribution >= 0.6 is 0 Å². The molecule has 0 radical (unpaired) electrons. The van der Waals surface area contributed by atoms with Crippen LogP contribution in [0.1, 0.15) is 45.2 Å². The average Bonchev–Trinajstić information content (AvgIpc) is 2.27. The van der Waals surface area contributed by atoms with Gasteiger partial charge in [-0.05, 0) is 36.8 Å². The van der Waals surface area contributed by atoms with Gasteiger partial charge in [0.1, 0.15) is 0 Å². The van der Waals surface area contributed by atoms with E-state index in [9.17, 15) is 0 Å². The Kier molecular flexibility index (Phi) is 5.54. The highest BCUT2D eigenvalue weighted by Crippen LogP contribution is 2.09. The average molecular weight is 219 g/mol. The molecule has 1 unspecified atom stereocenters. The third-order valence-corrected chi connectivity index (χ3v) is 2.93. The minimum atomic E-state index is 0.607. The lowest BCUT2D eigenvalue weighted by Crippen LogP contribution is -2.24. The maximum absolute atomic E-state index is 3.51. The number of rotatable bonds is 6. The van der Waals surface area contributed by atoms with E-state index in [2.05, 4.69) is 57.3 Å². The van der Waals surface area contributed by atoms with Crippen molar-refractivity contribution in [2.75, 3.05) is 0 Å². The van der Waals surface area contributed by atoms with E-state index < -0.39 is 0 Å². The Morgan fingerprint density at radius 3 is 2.06 bits per heavy atom. The van der Waals surface area contributed by atoms with Crippen molar-refractivity contribution in [1.82, 2.24) is 5.32 Å². The van der Waals surface area contributed by atoms with E-state index >= 15 is 0 Å². The molecule has 0 aliphatic heterocycles. The minimum Gasteiger partial charge on any atom is -0.310 e. The molecule has 0 saturated heterocycles.